The number of hydrogen-bond acceptors (Lipinski definition) is 26. The third-order valence-electron chi connectivity index (χ3n) is 18.6. The minimum atomic E-state index is -0.960. The summed E-state index contributed by atoms with van der Waals surface area (Å²) >= 11 is 0. The average Bonchev–Trinajstić information content (AvgIpc) is 1.62. The Hall–Kier alpha value is -11.4. The standard InChI is InChI=1S/C77H95N7O24.H2O/c1-40(97-5)28-47-46(21-27-70(91)103-11)75(76(96)108-77(2,3)4)84-62(47)37-56-45(20-26-69(90)102-10)50(31-72(93)105-13)58(82-56)35-55-44(19-25-68(89)101-9)52(33-74(95)107-15)61(81-55)38-60-51(32-73(94)106-14)43(18-24-67(88)100-8)54(80-60)34-53-42(17-23-66(87)99-7)49(30-71(92)104-12)59(79-53)36-57-41(16-22-65(86)98-6)48-29-64(85)78-39-63(48)83-57;/h34-35,79,82-84H,1,16-33,36-39H2,2-15H3,(H,78,85);1H2/b54-34+,55-35+;. The fraction of sp³-hybridized carbons (Fsp3) is 0.481. The third kappa shape index (κ3) is 22.8. The van der Waals surface area contributed by atoms with E-state index < -0.39 is 90.5 Å². The number of carbonyl (C=O) groups is 12. The maximum atomic E-state index is 14.2. The van der Waals surface area contributed by atoms with Gasteiger partial charge in [0.25, 0.3) is 0 Å². The SMILES string of the molecule is C=C(Cc1c(Cc2[nH]c(/C=C3/N=C(CC4=N/C(=C/c5[nH]c(Cc6[nH]c7c(c6CCC(=O)OC)CC(=O)NC7)c(CC(=O)OC)c5CCC(=O)OC)C(CCC(=O)OC)=C4CC(=O)OC)C(CC(=O)OC)=C3CCC(=O)OC)c(CC(=O)OC)c2CCC(=O)OC)[nH]c(C(=O)OC(C)(C)C)c1CCC(=O)OC)OC.O. The molecular formula is C77H97N7O25. The molecule has 7 heterocycles. The Morgan fingerprint density at radius 1 is 0.404 bits per heavy atom. The summed E-state index contributed by atoms with van der Waals surface area (Å²) in [6.07, 6.45) is 0.410. The number of amides is 1. The monoisotopic (exact) mass is 1520 g/mol. The van der Waals surface area contributed by atoms with E-state index in [1.165, 1.54) is 78.2 Å². The van der Waals surface area contributed by atoms with Gasteiger partial charge in [0, 0.05) is 104 Å². The molecule has 4 aromatic heterocycles. The van der Waals surface area contributed by atoms with E-state index in [1.54, 1.807) is 32.9 Å². The zero-order valence-corrected chi connectivity index (χ0v) is 64.1. The van der Waals surface area contributed by atoms with Crippen LogP contribution >= 0.6 is 0 Å². The van der Waals surface area contributed by atoms with Crippen LogP contribution in [0, 0.1) is 0 Å². The molecule has 0 spiro atoms. The van der Waals surface area contributed by atoms with Crippen molar-refractivity contribution in [3.8, 4) is 0 Å². The van der Waals surface area contributed by atoms with Crippen molar-refractivity contribution in [1.29, 1.82) is 0 Å². The van der Waals surface area contributed by atoms with E-state index in [0.29, 0.717) is 95.6 Å². The normalized spacial score (nSPS) is 13.9. The van der Waals surface area contributed by atoms with Gasteiger partial charge >= 0.3 is 65.7 Å². The van der Waals surface area contributed by atoms with Crippen molar-refractivity contribution in [2.45, 2.75) is 168 Å². The minimum absolute atomic E-state index is 0. The number of fused-ring (bicyclic) bond motifs is 1. The summed E-state index contributed by atoms with van der Waals surface area (Å²) < 4.78 is 63.0. The molecule has 7 N–H and O–H groups in total. The molecular weight excluding hydrogens is 1420 g/mol. The van der Waals surface area contributed by atoms with E-state index in [0.717, 1.165) is 0 Å². The summed E-state index contributed by atoms with van der Waals surface area (Å²) in [5.74, 6) is -6.94. The lowest BCUT2D eigenvalue weighted by molar-refractivity contribution is -0.141. The Morgan fingerprint density at radius 3 is 1.21 bits per heavy atom. The van der Waals surface area contributed by atoms with Gasteiger partial charge in [-0.15, -0.1) is 0 Å². The van der Waals surface area contributed by atoms with Gasteiger partial charge in [0.2, 0.25) is 5.91 Å². The number of hydrogen-bond donors (Lipinski definition) is 5. The molecule has 0 saturated heterocycles. The number of rotatable bonds is 38. The molecule has 0 aromatic carbocycles. The van der Waals surface area contributed by atoms with Gasteiger partial charge in [0.15, 0.2) is 0 Å². The second-order valence-corrected chi connectivity index (χ2v) is 26.4. The van der Waals surface area contributed by atoms with Crippen LogP contribution in [-0.2, 0) is 180 Å². The first-order valence-corrected chi connectivity index (χ1v) is 34.8. The molecule has 1 amide bonds. The summed E-state index contributed by atoms with van der Waals surface area (Å²) in [5.41, 5.74) is 8.29. The second-order valence-electron chi connectivity index (χ2n) is 26.4. The molecule has 0 aliphatic carbocycles. The van der Waals surface area contributed by atoms with Crippen molar-refractivity contribution in [3.05, 3.63) is 136 Å². The van der Waals surface area contributed by atoms with Gasteiger partial charge in [-0.3, -0.25) is 62.7 Å². The Labute approximate surface area is 629 Å². The Kier molecular flexibility index (Phi) is 31.7. The van der Waals surface area contributed by atoms with Crippen molar-refractivity contribution < 1.29 is 120 Å². The number of allylic oxidation sites excluding steroid dienone is 3. The highest BCUT2D eigenvalue weighted by Crippen LogP contribution is 2.41. The van der Waals surface area contributed by atoms with Crippen molar-refractivity contribution >= 4 is 95.1 Å². The number of methoxy groups -OCH3 is 11. The largest absolute Gasteiger partial charge is 0.501 e. The molecule has 0 fully saturated rings. The Morgan fingerprint density at radius 2 is 0.771 bits per heavy atom. The van der Waals surface area contributed by atoms with Gasteiger partial charge in [-0.1, -0.05) is 6.58 Å². The molecule has 32 nitrogen and oxygen atoms in total. The summed E-state index contributed by atoms with van der Waals surface area (Å²) in [6.45, 7) is 9.36. The van der Waals surface area contributed by atoms with Crippen molar-refractivity contribution in [3.63, 3.8) is 0 Å². The van der Waals surface area contributed by atoms with Crippen LogP contribution in [-0.4, -0.2) is 192 Å². The van der Waals surface area contributed by atoms with Crippen LogP contribution in [0.3, 0.4) is 0 Å². The summed E-state index contributed by atoms with van der Waals surface area (Å²) in [7, 11) is 13.6. The van der Waals surface area contributed by atoms with Gasteiger partial charge < -0.3 is 87.6 Å². The van der Waals surface area contributed by atoms with Crippen LogP contribution in [0.5, 0.6) is 0 Å². The van der Waals surface area contributed by atoms with E-state index in [2.05, 4.69) is 31.8 Å². The molecule has 0 radical (unpaired) electrons. The lowest BCUT2D eigenvalue weighted by Crippen LogP contribution is -2.30. The molecule has 3 aliphatic rings. The second kappa shape index (κ2) is 40.0. The zero-order valence-electron chi connectivity index (χ0n) is 64.1. The van der Waals surface area contributed by atoms with Gasteiger partial charge in [0.05, 0.1) is 145 Å². The number of carbonyl (C=O) groups excluding carboxylic acids is 12. The third-order valence-corrected chi connectivity index (χ3v) is 18.6. The van der Waals surface area contributed by atoms with E-state index in [-0.39, 0.29) is 179 Å². The number of nitrogens with zero attached hydrogens (tertiary/aromatic N) is 2. The van der Waals surface area contributed by atoms with Crippen LogP contribution in [0.4, 0.5) is 0 Å². The van der Waals surface area contributed by atoms with Crippen LogP contribution in [0.25, 0.3) is 12.2 Å². The topological polar surface area (TPSA) is 447 Å². The van der Waals surface area contributed by atoms with Crippen molar-refractivity contribution in [1.82, 2.24) is 25.3 Å². The number of aromatic nitrogens is 4. The van der Waals surface area contributed by atoms with Crippen molar-refractivity contribution in [2.24, 2.45) is 9.98 Å². The molecule has 32 heteroatoms. The molecule has 0 saturated carbocycles. The zero-order chi connectivity index (χ0) is 79.3. The van der Waals surface area contributed by atoms with E-state index in [1.807, 2.05) is 0 Å². The number of esters is 11. The van der Waals surface area contributed by atoms with Gasteiger partial charge in [0.1, 0.15) is 11.3 Å². The molecule has 7 rings (SSSR count). The smallest absolute Gasteiger partial charge is 0.355 e. The fourth-order valence-corrected chi connectivity index (χ4v) is 13.2. The first kappa shape index (κ1) is 86.5. The Balaban J connectivity index is 0.0000186. The minimum Gasteiger partial charge on any atom is -0.501 e. The Bertz CT molecular complexity index is 4380. The first-order chi connectivity index (χ1) is 51.5. The maximum absolute atomic E-state index is 14.2. The van der Waals surface area contributed by atoms with Crippen molar-refractivity contribution in [2.75, 3.05) is 78.2 Å². The molecule has 0 unspecified atom stereocenters. The van der Waals surface area contributed by atoms with E-state index in [4.69, 9.17) is 66.8 Å². The average molecular weight is 1520 g/mol. The van der Waals surface area contributed by atoms with E-state index in [9.17, 15) is 57.5 Å². The summed E-state index contributed by atoms with van der Waals surface area (Å²) in [5, 5.41) is 2.85. The first-order valence-electron chi connectivity index (χ1n) is 34.8. The summed E-state index contributed by atoms with van der Waals surface area (Å²) in [4.78, 5) is 185. The van der Waals surface area contributed by atoms with Crippen LogP contribution in [0.1, 0.15) is 186 Å². The molecule has 109 heavy (non-hydrogen) atoms. The highest BCUT2D eigenvalue weighted by Gasteiger charge is 2.36. The van der Waals surface area contributed by atoms with Gasteiger partial charge in [-0.2, -0.15) is 0 Å². The molecule has 590 valence electrons. The lowest BCUT2D eigenvalue weighted by Gasteiger charge is -2.19. The predicted molar refractivity (Wildman–Crippen MR) is 391 cm³/mol. The molecule has 0 atom stereocenters. The molecule has 3 aliphatic heterocycles. The number of ether oxygens (including phenoxy) is 12. The van der Waals surface area contributed by atoms with E-state index >= 15 is 0 Å². The van der Waals surface area contributed by atoms with Crippen LogP contribution < -0.4 is 5.32 Å². The number of aromatic amines is 4. The van der Waals surface area contributed by atoms with Crippen LogP contribution in [0.15, 0.2) is 56.0 Å². The quantitative estimate of drug-likeness (QED) is 0.0185. The molecule has 0 bridgehead atoms. The molecule has 4 aromatic rings. The maximum Gasteiger partial charge on any atom is 0.355 e. The highest BCUT2D eigenvalue weighted by molar-refractivity contribution is 6.23. The fourth-order valence-electron chi connectivity index (χ4n) is 13.2. The van der Waals surface area contributed by atoms with Gasteiger partial charge in [-0.05, 0) is 138 Å². The van der Waals surface area contributed by atoms with Gasteiger partial charge in [-0.25, -0.2) is 4.79 Å². The highest BCUT2D eigenvalue weighted by atomic mass is 16.6. The number of nitrogens with one attached hydrogen (secondary N) is 5. The number of aliphatic imine (C=N–C) groups is 2. The lowest BCUT2D eigenvalue weighted by atomic mass is 9.91. The predicted octanol–water partition coefficient (Wildman–Crippen LogP) is 6.35. The number of H-pyrrole nitrogens is 4. The van der Waals surface area contributed by atoms with Crippen LogP contribution in [0.2, 0.25) is 0 Å². The summed E-state index contributed by atoms with van der Waals surface area (Å²) in [6, 6.07) is 0.